The molecule has 1 heteroatoms. The Morgan fingerprint density at radius 3 is 2.87 bits per heavy atom. The van der Waals surface area contributed by atoms with Crippen LogP contribution < -0.4 is 0 Å². The minimum Gasteiger partial charge on any atom is -0.382 e. The molecule has 0 bridgehead atoms. The lowest BCUT2D eigenvalue weighted by Gasteiger charge is -2.05. The molecule has 0 amide bonds. The molecule has 82 valence electrons. The van der Waals surface area contributed by atoms with Crippen LogP contribution in [0, 0.1) is 6.92 Å². The summed E-state index contributed by atoms with van der Waals surface area (Å²) in [6, 6.07) is 8.52. The molecule has 0 spiro atoms. The van der Waals surface area contributed by atoms with Gasteiger partial charge in [0.1, 0.15) is 0 Å². The Bertz CT molecular complexity index is 315. The summed E-state index contributed by atoms with van der Waals surface area (Å²) in [7, 11) is 1.76. The summed E-state index contributed by atoms with van der Waals surface area (Å²) in [5.41, 5.74) is 2.59. The molecule has 0 aliphatic heterocycles. The van der Waals surface area contributed by atoms with Gasteiger partial charge < -0.3 is 4.74 Å². The van der Waals surface area contributed by atoms with E-state index in [-0.39, 0.29) is 0 Å². The minimum absolute atomic E-state index is 0.354. The van der Waals surface area contributed by atoms with Crippen LogP contribution in [-0.2, 0) is 4.74 Å². The Morgan fingerprint density at radius 2 is 2.20 bits per heavy atom. The van der Waals surface area contributed by atoms with Crippen LogP contribution in [-0.4, -0.2) is 13.2 Å². The molecule has 1 rings (SSSR count). The van der Waals surface area contributed by atoms with Crippen molar-refractivity contribution >= 4 is 6.08 Å². The second kappa shape index (κ2) is 6.41. The van der Waals surface area contributed by atoms with Gasteiger partial charge in [-0.15, -0.1) is 0 Å². The van der Waals surface area contributed by atoms with E-state index in [0.717, 1.165) is 12.8 Å². The van der Waals surface area contributed by atoms with Crippen molar-refractivity contribution in [1.29, 1.82) is 0 Å². The van der Waals surface area contributed by atoms with Gasteiger partial charge in [-0.3, -0.25) is 0 Å². The predicted octanol–water partition coefficient (Wildman–Crippen LogP) is 3.82. The molecule has 0 aliphatic rings. The first-order valence-electron chi connectivity index (χ1n) is 5.48. The number of methoxy groups -OCH3 is 1. The second-order valence-corrected chi connectivity index (χ2v) is 3.94. The van der Waals surface area contributed by atoms with Crippen LogP contribution in [0.25, 0.3) is 6.08 Å². The third-order valence-electron chi connectivity index (χ3n) is 2.49. The minimum atomic E-state index is 0.354. The van der Waals surface area contributed by atoms with E-state index in [1.165, 1.54) is 11.1 Å². The molecule has 0 unspecified atom stereocenters. The van der Waals surface area contributed by atoms with Crippen molar-refractivity contribution in [3.8, 4) is 0 Å². The molecule has 1 atom stereocenters. The Kier molecular flexibility index (Phi) is 5.13. The Balaban J connectivity index is 2.38. The number of aryl methyl sites for hydroxylation is 1. The number of ether oxygens (including phenoxy) is 1. The monoisotopic (exact) mass is 204 g/mol. The second-order valence-electron chi connectivity index (χ2n) is 3.94. The molecule has 0 heterocycles. The van der Waals surface area contributed by atoms with Gasteiger partial charge in [0, 0.05) is 7.11 Å². The van der Waals surface area contributed by atoms with Gasteiger partial charge in [0.15, 0.2) is 0 Å². The highest BCUT2D eigenvalue weighted by molar-refractivity contribution is 5.49. The van der Waals surface area contributed by atoms with Crippen molar-refractivity contribution in [3.63, 3.8) is 0 Å². The van der Waals surface area contributed by atoms with E-state index in [4.69, 9.17) is 4.74 Å². The molecule has 1 aromatic carbocycles. The Morgan fingerprint density at radius 1 is 1.40 bits per heavy atom. The quantitative estimate of drug-likeness (QED) is 0.708. The Hall–Kier alpha value is -1.08. The van der Waals surface area contributed by atoms with Crippen molar-refractivity contribution in [3.05, 3.63) is 41.5 Å². The van der Waals surface area contributed by atoms with Crippen molar-refractivity contribution in [2.75, 3.05) is 7.11 Å². The van der Waals surface area contributed by atoms with Gasteiger partial charge in [-0.25, -0.2) is 0 Å². The standard InChI is InChI=1S/C14H20O/c1-12-7-6-10-14(11-12)9-5-4-8-13(2)15-3/h5-7,9-11,13H,4,8H2,1-3H3/b9-5+/t13-/m0/s1. The van der Waals surface area contributed by atoms with E-state index < -0.39 is 0 Å². The highest BCUT2D eigenvalue weighted by atomic mass is 16.5. The number of rotatable bonds is 5. The molecule has 0 saturated heterocycles. The third kappa shape index (κ3) is 4.80. The van der Waals surface area contributed by atoms with E-state index in [2.05, 4.69) is 50.3 Å². The van der Waals surface area contributed by atoms with Gasteiger partial charge in [0.05, 0.1) is 6.10 Å². The fourth-order valence-electron chi connectivity index (χ4n) is 1.44. The van der Waals surface area contributed by atoms with Gasteiger partial charge >= 0.3 is 0 Å². The largest absolute Gasteiger partial charge is 0.382 e. The van der Waals surface area contributed by atoms with Crippen LogP contribution in [0.4, 0.5) is 0 Å². The summed E-state index contributed by atoms with van der Waals surface area (Å²) < 4.78 is 5.19. The number of benzene rings is 1. The predicted molar refractivity (Wildman–Crippen MR) is 65.9 cm³/mol. The van der Waals surface area contributed by atoms with Crippen LogP contribution >= 0.6 is 0 Å². The van der Waals surface area contributed by atoms with Gasteiger partial charge in [0.2, 0.25) is 0 Å². The molecule has 0 radical (unpaired) electrons. The molecule has 1 nitrogen and oxygen atoms in total. The normalized spacial score (nSPS) is 13.3. The van der Waals surface area contributed by atoms with Gasteiger partial charge in [0.25, 0.3) is 0 Å². The average Bonchev–Trinajstić information content (AvgIpc) is 2.24. The molecule has 0 aromatic heterocycles. The van der Waals surface area contributed by atoms with Crippen LogP contribution in [0.3, 0.4) is 0 Å². The molecule has 0 aliphatic carbocycles. The first-order valence-corrected chi connectivity index (χ1v) is 5.48. The first-order chi connectivity index (χ1) is 7.22. The number of allylic oxidation sites excluding steroid dienone is 1. The molecular weight excluding hydrogens is 184 g/mol. The van der Waals surface area contributed by atoms with E-state index in [0.29, 0.717) is 6.10 Å². The van der Waals surface area contributed by atoms with Crippen LogP contribution in [0.2, 0.25) is 0 Å². The summed E-state index contributed by atoms with van der Waals surface area (Å²) in [4.78, 5) is 0. The summed E-state index contributed by atoms with van der Waals surface area (Å²) in [6.07, 6.45) is 6.90. The van der Waals surface area contributed by atoms with Crippen molar-refractivity contribution in [2.24, 2.45) is 0 Å². The molecule has 0 fully saturated rings. The topological polar surface area (TPSA) is 9.23 Å². The fourth-order valence-corrected chi connectivity index (χ4v) is 1.44. The summed E-state index contributed by atoms with van der Waals surface area (Å²) >= 11 is 0. The van der Waals surface area contributed by atoms with Gasteiger partial charge in [-0.05, 0) is 32.3 Å². The Labute approximate surface area is 92.8 Å². The maximum absolute atomic E-state index is 5.19. The highest BCUT2D eigenvalue weighted by Crippen LogP contribution is 2.08. The highest BCUT2D eigenvalue weighted by Gasteiger charge is 1.95. The van der Waals surface area contributed by atoms with E-state index in [9.17, 15) is 0 Å². The van der Waals surface area contributed by atoms with E-state index in [1.54, 1.807) is 7.11 Å². The summed E-state index contributed by atoms with van der Waals surface area (Å²) in [6.45, 7) is 4.21. The van der Waals surface area contributed by atoms with Gasteiger partial charge in [-0.2, -0.15) is 0 Å². The fraction of sp³-hybridized carbons (Fsp3) is 0.429. The SMILES string of the molecule is CO[C@@H](C)CC/C=C/c1cccc(C)c1. The van der Waals surface area contributed by atoms with Crippen molar-refractivity contribution in [1.82, 2.24) is 0 Å². The third-order valence-corrected chi connectivity index (χ3v) is 2.49. The molecule has 0 saturated carbocycles. The van der Waals surface area contributed by atoms with Crippen LogP contribution in [0.1, 0.15) is 30.9 Å². The van der Waals surface area contributed by atoms with Crippen LogP contribution in [0.15, 0.2) is 30.3 Å². The van der Waals surface area contributed by atoms with E-state index >= 15 is 0 Å². The molecule has 1 aromatic rings. The van der Waals surface area contributed by atoms with Crippen molar-refractivity contribution in [2.45, 2.75) is 32.8 Å². The summed E-state index contributed by atoms with van der Waals surface area (Å²) in [5, 5.41) is 0. The smallest absolute Gasteiger partial charge is 0.0546 e. The lowest BCUT2D eigenvalue weighted by molar-refractivity contribution is 0.112. The zero-order valence-electron chi connectivity index (χ0n) is 9.86. The lowest BCUT2D eigenvalue weighted by atomic mass is 10.1. The van der Waals surface area contributed by atoms with E-state index in [1.807, 2.05) is 0 Å². The lowest BCUT2D eigenvalue weighted by Crippen LogP contribution is -2.02. The maximum atomic E-state index is 5.19. The van der Waals surface area contributed by atoms with Crippen molar-refractivity contribution < 1.29 is 4.74 Å². The van der Waals surface area contributed by atoms with Gasteiger partial charge in [-0.1, -0.05) is 42.0 Å². The number of hydrogen-bond donors (Lipinski definition) is 0. The first kappa shape index (κ1) is 12.0. The molecule has 15 heavy (non-hydrogen) atoms. The van der Waals surface area contributed by atoms with Crippen LogP contribution in [0.5, 0.6) is 0 Å². The maximum Gasteiger partial charge on any atom is 0.0546 e. The zero-order chi connectivity index (χ0) is 11.1. The summed E-state index contributed by atoms with van der Waals surface area (Å²) in [5.74, 6) is 0. The molecule has 0 N–H and O–H groups in total. The molecular formula is C14H20O. The number of hydrogen-bond acceptors (Lipinski definition) is 1. The zero-order valence-corrected chi connectivity index (χ0v) is 9.86. The average molecular weight is 204 g/mol.